The van der Waals surface area contributed by atoms with Crippen molar-refractivity contribution < 1.29 is 8.42 Å². The van der Waals surface area contributed by atoms with Gasteiger partial charge in [-0.3, -0.25) is 0 Å². The summed E-state index contributed by atoms with van der Waals surface area (Å²) in [6.07, 6.45) is 15.3. The van der Waals surface area contributed by atoms with Crippen LogP contribution < -0.4 is 5.73 Å². The number of nitrogens with two attached hydrogens (primary N) is 1. The average molecular weight is 316 g/mol. The van der Waals surface area contributed by atoms with Gasteiger partial charge in [0.15, 0.2) is 9.84 Å². The van der Waals surface area contributed by atoms with Crippen molar-refractivity contribution in [3.05, 3.63) is 0 Å². The Balaban J connectivity index is 2.03. The van der Waals surface area contributed by atoms with Crippen molar-refractivity contribution in [1.82, 2.24) is 0 Å². The highest BCUT2D eigenvalue weighted by Gasteiger charge is 2.38. The van der Waals surface area contributed by atoms with Gasteiger partial charge in [-0.05, 0) is 25.7 Å². The van der Waals surface area contributed by atoms with Crippen LogP contribution >= 0.6 is 0 Å². The molecule has 2 rings (SSSR count). The molecular weight excluding hydrogens is 282 g/mol. The van der Waals surface area contributed by atoms with Gasteiger partial charge in [-0.1, -0.05) is 64.2 Å². The Morgan fingerprint density at radius 3 is 1.62 bits per heavy atom. The van der Waals surface area contributed by atoms with E-state index in [0.29, 0.717) is 0 Å². The summed E-state index contributed by atoms with van der Waals surface area (Å²) in [6, 6.07) is -0.143. The SMILES string of the molecule is NC1CCCCCCCCCCC1S(=O)(=O)C1CCCC1. The normalized spacial score (nSPS) is 31.5. The van der Waals surface area contributed by atoms with E-state index in [0.717, 1.165) is 51.4 Å². The van der Waals surface area contributed by atoms with Gasteiger partial charge in [-0.15, -0.1) is 0 Å². The lowest BCUT2D eigenvalue weighted by molar-refractivity contribution is 0.452. The molecule has 0 heterocycles. The highest BCUT2D eigenvalue weighted by Crippen LogP contribution is 2.31. The summed E-state index contributed by atoms with van der Waals surface area (Å²) < 4.78 is 25.9. The smallest absolute Gasteiger partial charge is 0.157 e. The predicted octanol–water partition coefficient (Wildman–Crippen LogP) is 3.95. The summed E-state index contributed by atoms with van der Waals surface area (Å²) in [7, 11) is -3.02. The summed E-state index contributed by atoms with van der Waals surface area (Å²) in [5.74, 6) is 0. The van der Waals surface area contributed by atoms with Crippen LogP contribution in [0.1, 0.15) is 89.9 Å². The largest absolute Gasteiger partial charge is 0.327 e. The second-order valence-corrected chi connectivity index (χ2v) is 9.55. The van der Waals surface area contributed by atoms with Crippen molar-refractivity contribution in [2.45, 2.75) is 106 Å². The Morgan fingerprint density at radius 1 is 0.619 bits per heavy atom. The van der Waals surface area contributed by atoms with Gasteiger partial charge in [-0.2, -0.15) is 0 Å². The maximum atomic E-state index is 12.9. The standard InChI is InChI=1S/C17H33NO2S/c18-16-13-7-5-3-1-2-4-6-8-14-17(16)21(19,20)15-11-9-10-12-15/h15-17H,1-14,18H2. The topological polar surface area (TPSA) is 60.2 Å². The molecule has 2 N–H and O–H groups in total. The molecule has 0 aliphatic heterocycles. The molecule has 0 saturated heterocycles. The molecule has 3 nitrogen and oxygen atoms in total. The van der Waals surface area contributed by atoms with Crippen LogP contribution in [0.4, 0.5) is 0 Å². The number of hydrogen-bond acceptors (Lipinski definition) is 3. The third-order valence-corrected chi connectivity index (χ3v) is 8.27. The van der Waals surface area contributed by atoms with Crippen LogP contribution in [0.3, 0.4) is 0 Å². The second-order valence-electron chi connectivity index (χ2n) is 7.10. The minimum Gasteiger partial charge on any atom is -0.327 e. The van der Waals surface area contributed by atoms with E-state index in [-0.39, 0.29) is 16.5 Å². The first-order valence-corrected chi connectivity index (χ1v) is 10.7. The molecule has 21 heavy (non-hydrogen) atoms. The molecule has 0 amide bonds. The summed E-state index contributed by atoms with van der Waals surface area (Å²) >= 11 is 0. The van der Waals surface area contributed by atoms with Crippen molar-refractivity contribution in [3.63, 3.8) is 0 Å². The minimum atomic E-state index is -3.02. The van der Waals surface area contributed by atoms with Crippen LogP contribution in [-0.4, -0.2) is 25.0 Å². The van der Waals surface area contributed by atoms with Crippen molar-refractivity contribution >= 4 is 9.84 Å². The summed E-state index contributed by atoms with van der Waals surface area (Å²) in [5.41, 5.74) is 6.33. The van der Waals surface area contributed by atoms with Crippen LogP contribution in [-0.2, 0) is 9.84 Å². The first-order valence-electron chi connectivity index (χ1n) is 9.10. The Labute approximate surface area is 131 Å². The monoisotopic (exact) mass is 315 g/mol. The molecule has 0 radical (unpaired) electrons. The fourth-order valence-corrected chi connectivity index (χ4v) is 6.66. The van der Waals surface area contributed by atoms with Crippen LogP contribution in [0.2, 0.25) is 0 Å². The lowest BCUT2D eigenvalue weighted by Crippen LogP contribution is -2.44. The molecule has 4 heteroatoms. The van der Waals surface area contributed by atoms with Crippen molar-refractivity contribution in [1.29, 1.82) is 0 Å². The van der Waals surface area contributed by atoms with Gasteiger partial charge in [0.2, 0.25) is 0 Å². The molecule has 2 fully saturated rings. The summed E-state index contributed by atoms with van der Waals surface area (Å²) in [4.78, 5) is 0. The Bertz CT molecular complexity index is 388. The van der Waals surface area contributed by atoms with Gasteiger partial charge in [0.1, 0.15) is 0 Å². The number of sulfone groups is 1. The Hall–Kier alpha value is -0.0900. The van der Waals surface area contributed by atoms with E-state index in [1.165, 1.54) is 38.5 Å². The molecule has 2 aliphatic rings. The van der Waals surface area contributed by atoms with E-state index in [2.05, 4.69) is 0 Å². The molecule has 0 spiro atoms. The van der Waals surface area contributed by atoms with E-state index in [4.69, 9.17) is 5.73 Å². The van der Waals surface area contributed by atoms with Crippen molar-refractivity contribution in [2.75, 3.05) is 0 Å². The van der Waals surface area contributed by atoms with E-state index < -0.39 is 9.84 Å². The van der Waals surface area contributed by atoms with E-state index in [9.17, 15) is 8.42 Å². The second kappa shape index (κ2) is 8.52. The zero-order chi connectivity index (χ0) is 15.1. The molecule has 2 atom stereocenters. The molecule has 124 valence electrons. The lowest BCUT2D eigenvalue weighted by atomic mass is 9.98. The molecule has 0 bridgehead atoms. The van der Waals surface area contributed by atoms with E-state index in [1.807, 2.05) is 0 Å². The van der Waals surface area contributed by atoms with Gasteiger partial charge in [0.05, 0.1) is 10.5 Å². The summed E-state index contributed by atoms with van der Waals surface area (Å²) in [5, 5.41) is -0.374. The molecule has 2 unspecified atom stereocenters. The minimum absolute atomic E-state index is 0.0959. The highest BCUT2D eigenvalue weighted by atomic mass is 32.2. The molecular formula is C17H33NO2S. The van der Waals surface area contributed by atoms with Gasteiger partial charge in [-0.25, -0.2) is 8.42 Å². The van der Waals surface area contributed by atoms with Crippen LogP contribution in [0, 0.1) is 0 Å². The predicted molar refractivity (Wildman–Crippen MR) is 89.1 cm³/mol. The Kier molecular flexibility index (Phi) is 7.00. The fourth-order valence-electron chi connectivity index (χ4n) is 4.06. The fraction of sp³-hybridized carbons (Fsp3) is 1.00. The Morgan fingerprint density at radius 2 is 1.05 bits per heavy atom. The van der Waals surface area contributed by atoms with Gasteiger partial charge >= 0.3 is 0 Å². The number of hydrogen-bond donors (Lipinski definition) is 1. The van der Waals surface area contributed by atoms with Crippen molar-refractivity contribution in [3.8, 4) is 0 Å². The van der Waals surface area contributed by atoms with Gasteiger partial charge in [0, 0.05) is 6.04 Å². The van der Waals surface area contributed by atoms with E-state index >= 15 is 0 Å². The maximum Gasteiger partial charge on any atom is 0.157 e. The zero-order valence-electron chi connectivity index (χ0n) is 13.4. The highest BCUT2D eigenvalue weighted by molar-refractivity contribution is 7.92. The maximum absolute atomic E-state index is 12.9. The van der Waals surface area contributed by atoms with Crippen LogP contribution in [0.5, 0.6) is 0 Å². The molecule has 2 aliphatic carbocycles. The molecule has 2 saturated carbocycles. The molecule has 0 aromatic heterocycles. The third kappa shape index (κ3) is 4.95. The van der Waals surface area contributed by atoms with Crippen LogP contribution in [0.15, 0.2) is 0 Å². The zero-order valence-corrected chi connectivity index (χ0v) is 14.3. The summed E-state index contributed by atoms with van der Waals surface area (Å²) in [6.45, 7) is 0. The number of rotatable bonds is 2. The first kappa shape index (κ1) is 17.3. The first-order chi connectivity index (χ1) is 10.1. The van der Waals surface area contributed by atoms with Crippen LogP contribution in [0.25, 0.3) is 0 Å². The lowest BCUT2D eigenvalue weighted by Gasteiger charge is -2.27. The van der Waals surface area contributed by atoms with Crippen molar-refractivity contribution in [2.24, 2.45) is 5.73 Å². The molecule has 0 aromatic carbocycles. The average Bonchev–Trinajstić information content (AvgIpc) is 2.97. The third-order valence-electron chi connectivity index (χ3n) is 5.44. The molecule has 0 aromatic rings. The van der Waals surface area contributed by atoms with E-state index in [1.54, 1.807) is 0 Å². The van der Waals surface area contributed by atoms with Gasteiger partial charge < -0.3 is 5.73 Å². The quantitative estimate of drug-likeness (QED) is 0.839. The van der Waals surface area contributed by atoms with Gasteiger partial charge in [0.25, 0.3) is 0 Å².